The van der Waals surface area contributed by atoms with Crippen LogP contribution in [0.1, 0.15) is 10.5 Å². The highest BCUT2D eigenvalue weighted by Gasteiger charge is 2.24. The molecule has 0 saturated heterocycles. The van der Waals surface area contributed by atoms with E-state index in [0.717, 1.165) is 6.07 Å². The number of fused-ring (bicyclic) bond motifs is 1. The van der Waals surface area contributed by atoms with Crippen molar-refractivity contribution < 1.29 is 27.3 Å². The number of aromatic amines is 1. The van der Waals surface area contributed by atoms with E-state index in [1.54, 1.807) is 0 Å². The normalized spacial score (nSPS) is 11.3. The van der Waals surface area contributed by atoms with Crippen LogP contribution in [0.2, 0.25) is 5.02 Å². The third-order valence-electron chi connectivity index (χ3n) is 5.01. The number of anilines is 2. The Labute approximate surface area is 202 Å². The summed E-state index contributed by atoms with van der Waals surface area (Å²) in [5.41, 5.74) is -0.466. The van der Waals surface area contributed by atoms with Crippen molar-refractivity contribution in [3.05, 3.63) is 87.3 Å². The largest absolute Gasteiger partial charge is 0.497 e. The number of H-pyrrole nitrogens is 1. The summed E-state index contributed by atoms with van der Waals surface area (Å²) in [6, 6.07) is 12.9. The summed E-state index contributed by atoms with van der Waals surface area (Å²) in [5, 5.41) is 14.7. The average Bonchev–Trinajstić information content (AvgIpc) is 3.27. The molecular formula is C22H16ClFN4O6S. The van der Waals surface area contributed by atoms with E-state index in [9.17, 15) is 27.7 Å². The molecule has 10 nitrogen and oxygen atoms in total. The van der Waals surface area contributed by atoms with Gasteiger partial charge in [0.05, 0.1) is 22.6 Å². The summed E-state index contributed by atoms with van der Waals surface area (Å²) in [4.78, 5) is 26.0. The highest BCUT2D eigenvalue weighted by atomic mass is 35.5. The molecule has 0 saturated carbocycles. The van der Waals surface area contributed by atoms with Gasteiger partial charge in [-0.1, -0.05) is 11.6 Å². The summed E-state index contributed by atoms with van der Waals surface area (Å²) in [7, 11) is -2.83. The Morgan fingerprint density at radius 1 is 1.09 bits per heavy atom. The molecule has 0 atom stereocenters. The number of nitrogens with zero attached hydrogens (tertiary/aromatic N) is 1. The van der Waals surface area contributed by atoms with Gasteiger partial charge in [-0.25, -0.2) is 17.5 Å². The lowest BCUT2D eigenvalue weighted by molar-refractivity contribution is -0.383. The second kappa shape index (κ2) is 9.24. The number of ether oxygens (including phenoxy) is 1. The molecule has 1 heterocycles. The van der Waals surface area contributed by atoms with Gasteiger partial charge in [-0.2, -0.15) is 0 Å². The van der Waals surface area contributed by atoms with Crippen molar-refractivity contribution >= 4 is 55.5 Å². The number of carbonyl (C=O) groups excluding carboxylic acids is 1. The van der Waals surface area contributed by atoms with Gasteiger partial charge >= 0.3 is 0 Å². The van der Waals surface area contributed by atoms with E-state index in [1.807, 2.05) is 4.72 Å². The number of amides is 1. The Balaban J connectivity index is 1.72. The van der Waals surface area contributed by atoms with Gasteiger partial charge in [-0.15, -0.1) is 0 Å². The lowest BCUT2D eigenvalue weighted by Crippen LogP contribution is -2.30. The molecule has 3 N–H and O–H groups in total. The molecule has 0 aliphatic carbocycles. The van der Waals surface area contributed by atoms with Crippen LogP contribution in [0.4, 0.5) is 21.5 Å². The zero-order valence-electron chi connectivity index (χ0n) is 17.8. The van der Waals surface area contributed by atoms with Crippen molar-refractivity contribution in [1.82, 2.24) is 9.71 Å². The molecule has 3 aromatic carbocycles. The molecule has 1 aromatic heterocycles. The minimum atomic E-state index is -4.25. The van der Waals surface area contributed by atoms with Gasteiger partial charge in [-0.3, -0.25) is 14.9 Å². The van der Waals surface area contributed by atoms with Crippen molar-refractivity contribution in [3.8, 4) is 5.75 Å². The van der Waals surface area contributed by atoms with Crippen LogP contribution in [0.25, 0.3) is 10.9 Å². The molecule has 4 rings (SSSR count). The number of halogens is 2. The van der Waals surface area contributed by atoms with Crippen LogP contribution in [0, 0.1) is 15.9 Å². The van der Waals surface area contributed by atoms with Gasteiger partial charge in [0, 0.05) is 22.2 Å². The van der Waals surface area contributed by atoms with E-state index in [2.05, 4.69) is 10.3 Å². The van der Waals surface area contributed by atoms with Crippen LogP contribution in [0.5, 0.6) is 5.75 Å². The number of hydrogen-bond donors (Lipinski definition) is 3. The predicted molar refractivity (Wildman–Crippen MR) is 127 cm³/mol. The van der Waals surface area contributed by atoms with E-state index >= 15 is 0 Å². The zero-order valence-corrected chi connectivity index (χ0v) is 19.4. The van der Waals surface area contributed by atoms with Gasteiger partial charge < -0.3 is 15.0 Å². The van der Waals surface area contributed by atoms with Crippen LogP contribution in [0.15, 0.2) is 65.6 Å². The molecule has 0 aliphatic rings. The first-order valence-electron chi connectivity index (χ1n) is 9.82. The maximum absolute atomic E-state index is 14.2. The number of nitro groups is 1. The number of nitrogens with one attached hydrogen (secondary N) is 3. The van der Waals surface area contributed by atoms with Crippen molar-refractivity contribution in [2.45, 2.75) is 4.90 Å². The molecule has 0 radical (unpaired) electrons. The third kappa shape index (κ3) is 4.88. The maximum Gasteiger partial charge on any atom is 0.293 e. The number of non-ortho nitro benzene ring substituents is 1. The van der Waals surface area contributed by atoms with Crippen LogP contribution in [-0.4, -0.2) is 31.3 Å². The van der Waals surface area contributed by atoms with Crippen molar-refractivity contribution in [2.75, 3.05) is 12.4 Å². The fourth-order valence-corrected chi connectivity index (χ4v) is 4.46. The van der Waals surface area contributed by atoms with Crippen LogP contribution < -0.4 is 14.8 Å². The van der Waals surface area contributed by atoms with Gasteiger partial charge in [0.2, 0.25) is 0 Å². The minimum Gasteiger partial charge on any atom is -0.497 e. The Hall–Kier alpha value is -4.16. The van der Waals surface area contributed by atoms with Crippen molar-refractivity contribution in [3.63, 3.8) is 0 Å². The number of sulfonamides is 1. The number of rotatable bonds is 7. The zero-order chi connectivity index (χ0) is 25.3. The van der Waals surface area contributed by atoms with Crippen LogP contribution in [-0.2, 0) is 10.0 Å². The highest BCUT2D eigenvalue weighted by molar-refractivity contribution is 7.90. The molecule has 1 amide bonds. The standard InChI is InChI=1S/C22H16ClFN4O6S/c1-34-13-3-5-14(6-4-13)35(32,33)27-22(29)19-11-15-17(8-9-20(28(30)31)21(15)26-19)25-18-10-12(23)2-7-16(18)24/h2-11,25-26H,1H3,(H,27,29). The lowest BCUT2D eigenvalue weighted by atomic mass is 10.1. The average molecular weight is 519 g/mol. The Morgan fingerprint density at radius 3 is 2.46 bits per heavy atom. The molecular weight excluding hydrogens is 503 g/mol. The summed E-state index contributed by atoms with van der Waals surface area (Å²) in [6.45, 7) is 0. The summed E-state index contributed by atoms with van der Waals surface area (Å²) in [5.74, 6) is -1.25. The molecule has 0 fully saturated rings. The Bertz CT molecular complexity index is 1570. The molecule has 0 spiro atoms. The number of aromatic nitrogens is 1. The Kier molecular flexibility index (Phi) is 6.33. The van der Waals surface area contributed by atoms with Gasteiger partial charge in [-0.05, 0) is 54.6 Å². The van der Waals surface area contributed by atoms with E-state index in [4.69, 9.17) is 16.3 Å². The van der Waals surface area contributed by atoms with Crippen molar-refractivity contribution in [1.29, 1.82) is 0 Å². The topological polar surface area (TPSA) is 143 Å². The van der Waals surface area contributed by atoms with E-state index in [-0.39, 0.29) is 43.6 Å². The molecule has 0 unspecified atom stereocenters. The number of carbonyl (C=O) groups is 1. The molecule has 4 aromatic rings. The fraction of sp³-hybridized carbons (Fsp3) is 0.0455. The SMILES string of the molecule is COc1ccc(S(=O)(=O)NC(=O)c2cc3c(Nc4cc(Cl)ccc4F)ccc([N+](=O)[O-])c3[nH]2)cc1. The van der Waals surface area contributed by atoms with E-state index in [0.29, 0.717) is 5.75 Å². The van der Waals surface area contributed by atoms with E-state index < -0.39 is 26.7 Å². The van der Waals surface area contributed by atoms with Gasteiger partial charge in [0.1, 0.15) is 22.8 Å². The lowest BCUT2D eigenvalue weighted by Gasteiger charge is -2.09. The highest BCUT2D eigenvalue weighted by Crippen LogP contribution is 2.34. The van der Waals surface area contributed by atoms with Gasteiger partial charge in [0.25, 0.3) is 21.6 Å². The monoisotopic (exact) mass is 518 g/mol. The Morgan fingerprint density at radius 2 is 1.80 bits per heavy atom. The van der Waals surface area contributed by atoms with Crippen LogP contribution >= 0.6 is 11.6 Å². The maximum atomic E-state index is 14.2. The third-order valence-corrected chi connectivity index (χ3v) is 6.59. The van der Waals surface area contributed by atoms with Crippen molar-refractivity contribution in [2.24, 2.45) is 0 Å². The first-order valence-corrected chi connectivity index (χ1v) is 11.7. The predicted octanol–water partition coefficient (Wildman–Crippen LogP) is 4.74. The molecule has 0 aliphatic heterocycles. The summed E-state index contributed by atoms with van der Waals surface area (Å²) >= 11 is 5.92. The number of hydrogen-bond acceptors (Lipinski definition) is 7. The smallest absolute Gasteiger partial charge is 0.293 e. The molecule has 35 heavy (non-hydrogen) atoms. The quantitative estimate of drug-likeness (QED) is 0.237. The summed E-state index contributed by atoms with van der Waals surface area (Å²) in [6.07, 6.45) is 0. The first-order chi connectivity index (χ1) is 16.6. The molecule has 180 valence electrons. The first kappa shape index (κ1) is 24.0. The number of benzene rings is 3. The molecule has 13 heteroatoms. The van der Waals surface area contributed by atoms with E-state index in [1.165, 1.54) is 61.7 Å². The molecule has 0 bridgehead atoms. The summed E-state index contributed by atoms with van der Waals surface area (Å²) < 4.78 is 46.4. The minimum absolute atomic E-state index is 0.00179. The number of nitro benzene ring substituents is 1. The van der Waals surface area contributed by atoms with Gasteiger partial charge in [0.15, 0.2) is 0 Å². The number of methoxy groups -OCH3 is 1. The second-order valence-corrected chi connectivity index (χ2v) is 9.34. The van der Waals surface area contributed by atoms with Crippen LogP contribution in [0.3, 0.4) is 0 Å². The fourth-order valence-electron chi connectivity index (χ4n) is 3.32. The second-order valence-electron chi connectivity index (χ2n) is 7.22.